The van der Waals surface area contributed by atoms with Crippen molar-refractivity contribution in [1.29, 1.82) is 0 Å². The van der Waals surface area contributed by atoms with Gasteiger partial charge in [0.05, 0.1) is 6.57 Å². The van der Waals surface area contributed by atoms with Gasteiger partial charge in [-0.05, 0) is 12.1 Å². The first-order chi connectivity index (χ1) is 7.33. The van der Waals surface area contributed by atoms with E-state index in [1.165, 1.54) is 0 Å². The van der Waals surface area contributed by atoms with Crippen LogP contribution in [0.3, 0.4) is 0 Å². The molecule has 1 rings (SSSR count). The van der Waals surface area contributed by atoms with Crippen molar-refractivity contribution < 1.29 is 8.78 Å². The van der Waals surface area contributed by atoms with Crippen LogP contribution in [0.15, 0.2) is 12.1 Å². The smallest absolute Gasteiger partial charge is 0.232 e. The predicted octanol–water partition coefficient (Wildman–Crippen LogP) is 3.74. The van der Waals surface area contributed by atoms with Gasteiger partial charge < -0.3 is 0 Å². The highest BCUT2D eigenvalue weighted by atomic mass is 28.3. The van der Waals surface area contributed by atoms with Crippen molar-refractivity contribution in [3.63, 3.8) is 0 Å². The molecule has 0 atom stereocenters. The summed E-state index contributed by atoms with van der Waals surface area (Å²) in [6, 6.07) is 2.20. The lowest BCUT2D eigenvalue weighted by atomic mass is 10.2. The Kier molecular flexibility index (Phi) is 3.47. The fourth-order valence-electron chi connectivity index (χ4n) is 1.00. The van der Waals surface area contributed by atoms with E-state index in [1.54, 1.807) is 0 Å². The third-order valence-electron chi connectivity index (χ3n) is 1.71. The Morgan fingerprint density at radius 3 is 2.06 bits per heavy atom. The van der Waals surface area contributed by atoms with Crippen molar-refractivity contribution in [3.05, 3.63) is 40.7 Å². The summed E-state index contributed by atoms with van der Waals surface area (Å²) < 4.78 is 26.4. The molecule has 0 radical (unpaired) electrons. The summed E-state index contributed by atoms with van der Waals surface area (Å²) in [6.07, 6.45) is 0. The lowest BCUT2D eigenvalue weighted by Crippen LogP contribution is -2.16. The third kappa shape index (κ3) is 3.18. The van der Waals surface area contributed by atoms with Crippen LogP contribution >= 0.6 is 0 Å². The monoisotopic (exact) mass is 235 g/mol. The van der Waals surface area contributed by atoms with Gasteiger partial charge in [-0.25, -0.2) is 13.6 Å². The number of nitrogens with zero attached hydrogens (tertiary/aromatic N) is 1. The second-order valence-electron chi connectivity index (χ2n) is 4.40. The van der Waals surface area contributed by atoms with Gasteiger partial charge in [0.25, 0.3) is 5.69 Å². The molecule has 0 aliphatic carbocycles. The lowest BCUT2D eigenvalue weighted by Gasteiger charge is -2.03. The van der Waals surface area contributed by atoms with Crippen LogP contribution in [0.5, 0.6) is 0 Å². The topological polar surface area (TPSA) is 4.36 Å². The Bertz CT molecular complexity index is 490. The maximum atomic E-state index is 13.2. The van der Waals surface area contributed by atoms with E-state index in [1.807, 2.05) is 19.6 Å². The summed E-state index contributed by atoms with van der Waals surface area (Å²) >= 11 is 0. The van der Waals surface area contributed by atoms with E-state index in [9.17, 15) is 8.78 Å². The Labute approximate surface area is 94.9 Å². The summed E-state index contributed by atoms with van der Waals surface area (Å²) in [6.45, 7) is 12.7. The van der Waals surface area contributed by atoms with E-state index >= 15 is 0 Å². The second-order valence-corrected chi connectivity index (χ2v) is 9.15. The van der Waals surface area contributed by atoms with Gasteiger partial charge in [0.15, 0.2) is 0 Å². The van der Waals surface area contributed by atoms with Gasteiger partial charge in [-0.15, -0.1) is 5.54 Å². The second kappa shape index (κ2) is 4.47. The first kappa shape index (κ1) is 12.4. The zero-order valence-electron chi connectivity index (χ0n) is 9.36. The Morgan fingerprint density at radius 1 is 1.19 bits per heavy atom. The quantitative estimate of drug-likeness (QED) is 0.366. The van der Waals surface area contributed by atoms with Crippen LogP contribution in [0, 0.1) is 29.7 Å². The van der Waals surface area contributed by atoms with Crippen molar-refractivity contribution in [2.45, 2.75) is 19.6 Å². The number of hydrogen-bond donors (Lipinski definition) is 0. The first-order valence-corrected chi connectivity index (χ1v) is 8.23. The van der Waals surface area contributed by atoms with Crippen LogP contribution in [0.4, 0.5) is 14.5 Å². The molecule has 1 aromatic rings. The fourth-order valence-corrected chi connectivity index (χ4v) is 1.52. The van der Waals surface area contributed by atoms with Crippen molar-refractivity contribution in [1.82, 2.24) is 0 Å². The zero-order chi connectivity index (χ0) is 12.3. The maximum absolute atomic E-state index is 13.2. The van der Waals surface area contributed by atoms with Crippen molar-refractivity contribution in [2.75, 3.05) is 0 Å². The first-order valence-electron chi connectivity index (χ1n) is 4.73. The number of halogens is 2. The molecule has 0 saturated heterocycles. The van der Waals surface area contributed by atoms with Crippen LogP contribution < -0.4 is 0 Å². The minimum Gasteiger partial charge on any atom is -0.232 e. The minimum absolute atomic E-state index is 0.282. The van der Waals surface area contributed by atoms with Crippen LogP contribution in [0.25, 0.3) is 4.85 Å². The van der Waals surface area contributed by atoms with Gasteiger partial charge in [0, 0.05) is 5.56 Å². The molecule has 82 valence electrons. The molecule has 0 fully saturated rings. The molecule has 4 heteroatoms. The number of hydrogen-bond acceptors (Lipinski definition) is 0. The third-order valence-corrected chi connectivity index (χ3v) is 2.59. The van der Waals surface area contributed by atoms with E-state index in [4.69, 9.17) is 6.57 Å². The Hall–Kier alpha value is -1.65. The molecule has 0 heterocycles. The van der Waals surface area contributed by atoms with Crippen molar-refractivity contribution in [2.24, 2.45) is 0 Å². The molecule has 0 N–H and O–H groups in total. The van der Waals surface area contributed by atoms with Gasteiger partial charge >= 0.3 is 0 Å². The van der Waals surface area contributed by atoms with Crippen LogP contribution in [-0.4, -0.2) is 8.07 Å². The molecule has 0 aliphatic heterocycles. The molecule has 1 aromatic carbocycles. The summed E-state index contributed by atoms with van der Waals surface area (Å²) in [4.78, 5) is 2.78. The molecule has 0 aromatic heterocycles. The zero-order valence-corrected chi connectivity index (χ0v) is 10.4. The highest BCUT2D eigenvalue weighted by Gasteiger charge is 2.11. The lowest BCUT2D eigenvalue weighted by molar-refractivity contribution is 0.593. The highest BCUT2D eigenvalue weighted by Crippen LogP contribution is 2.23. The van der Waals surface area contributed by atoms with Crippen LogP contribution in [-0.2, 0) is 0 Å². The number of benzene rings is 1. The summed E-state index contributed by atoms with van der Waals surface area (Å²) in [5.41, 5.74) is 2.72. The molecule has 0 aliphatic rings. The van der Waals surface area contributed by atoms with Crippen LogP contribution in [0.1, 0.15) is 5.56 Å². The van der Waals surface area contributed by atoms with E-state index in [0.717, 1.165) is 12.1 Å². The van der Waals surface area contributed by atoms with Gasteiger partial charge in [-0.3, -0.25) is 0 Å². The van der Waals surface area contributed by atoms with Crippen LogP contribution in [0.2, 0.25) is 19.6 Å². The maximum Gasteiger partial charge on any atom is 0.256 e. The van der Waals surface area contributed by atoms with Gasteiger partial charge in [0.2, 0.25) is 0 Å². The van der Waals surface area contributed by atoms with E-state index < -0.39 is 25.4 Å². The van der Waals surface area contributed by atoms with Crippen molar-refractivity contribution in [3.8, 4) is 11.5 Å². The molecular weight excluding hydrogens is 224 g/mol. The van der Waals surface area contributed by atoms with Gasteiger partial charge in [-0.2, -0.15) is 0 Å². The average Bonchev–Trinajstić information content (AvgIpc) is 2.13. The predicted molar refractivity (Wildman–Crippen MR) is 62.8 cm³/mol. The largest absolute Gasteiger partial charge is 0.256 e. The standard InChI is InChI=1S/C12H11F2NSi/c1-15-12-10(13)7-9(8-11(12)14)5-6-16(2,3)4/h7-8H,2-4H3. The molecule has 16 heavy (non-hydrogen) atoms. The molecule has 0 saturated carbocycles. The molecule has 0 amide bonds. The molecule has 1 nitrogen and oxygen atoms in total. The number of rotatable bonds is 0. The minimum atomic E-state index is -1.56. The van der Waals surface area contributed by atoms with Gasteiger partial charge in [0.1, 0.15) is 19.7 Å². The average molecular weight is 235 g/mol. The van der Waals surface area contributed by atoms with Crippen molar-refractivity contribution >= 4 is 13.8 Å². The fraction of sp³-hybridized carbons (Fsp3) is 0.250. The van der Waals surface area contributed by atoms with Gasteiger partial charge in [-0.1, -0.05) is 25.6 Å². The summed E-state index contributed by atoms with van der Waals surface area (Å²) in [5, 5.41) is 0. The normalized spacial score (nSPS) is 10.2. The molecule has 0 bridgehead atoms. The molecular formula is C12H11F2NSi. The molecule has 0 unspecified atom stereocenters. The Morgan fingerprint density at radius 2 is 1.69 bits per heavy atom. The van der Waals surface area contributed by atoms with E-state index in [0.29, 0.717) is 0 Å². The van der Waals surface area contributed by atoms with E-state index in [-0.39, 0.29) is 5.56 Å². The summed E-state index contributed by atoms with van der Waals surface area (Å²) in [7, 11) is -1.56. The Balaban J connectivity index is 3.20. The highest BCUT2D eigenvalue weighted by molar-refractivity contribution is 6.83. The summed E-state index contributed by atoms with van der Waals surface area (Å²) in [5.74, 6) is 1.04. The SMILES string of the molecule is [C-]#[N+]c1c(F)cc(C#C[Si](C)(C)C)cc1F. The molecule has 0 spiro atoms. The van der Waals surface area contributed by atoms with E-state index in [2.05, 4.69) is 16.3 Å².